The van der Waals surface area contributed by atoms with Gasteiger partial charge in [0.1, 0.15) is 0 Å². The summed E-state index contributed by atoms with van der Waals surface area (Å²) < 4.78 is 4.43. The number of nitrogens with zero attached hydrogens (tertiary/aromatic N) is 1. The number of rotatable bonds is 2. The second kappa shape index (κ2) is 13.1. The molecule has 0 aromatic rings. The topological polar surface area (TPSA) is 29.5 Å². The van der Waals surface area contributed by atoms with Gasteiger partial charge in [0.05, 0.1) is 6.61 Å². The smallest absolute Gasteiger partial charge is 0.330 e. The molecule has 0 aromatic carbocycles. The van der Waals surface area contributed by atoms with Gasteiger partial charge in [-0.25, -0.2) is 4.79 Å². The molecule has 0 unspecified atom stereocenters. The molecule has 74 valence electrons. The molecule has 0 aromatic heterocycles. The third-order valence-corrected chi connectivity index (χ3v) is 0.453. The van der Waals surface area contributed by atoms with E-state index in [-0.39, 0.29) is 18.4 Å². The van der Waals surface area contributed by atoms with Gasteiger partial charge < -0.3 is 9.64 Å². The summed E-state index contributed by atoms with van der Waals surface area (Å²) in [6.45, 7) is 5.38. The Morgan fingerprint density at radius 1 is 1.50 bits per heavy atom. The molecule has 0 heterocycles. The van der Waals surface area contributed by atoms with Gasteiger partial charge in [0, 0.05) is 6.08 Å². The summed E-state index contributed by atoms with van der Waals surface area (Å²) in [6, 6.07) is 0. The van der Waals surface area contributed by atoms with Crippen molar-refractivity contribution in [3.8, 4) is 0 Å². The molecule has 0 fully saturated rings. The van der Waals surface area contributed by atoms with Crippen LogP contribution in [0.5, 0.6) is 0 Å². The maximum atomic E-state index is 10.1. The first kappa shape index (κ1) is 17.5. The van der Waals surface area contributed by atoms with Crippen molar-refractivity contribution in [1.29, 1.82) is 0 Å². The fourth-order valence-electron chi connectivity index (χ4n) is 0.201. The van der Waals surface area contributed by atoms with Gasteiger partial charge in [-0.15, -0.1) is 12.4 Å². The predicted molar refractivity (Wildman–Crippen MR) is 53.7 cm³/mol. The van der Waals surface area contributed by atoms with Gasteiger partial charge in [-0.2, -0.15) is 0 Å². The average molecular weight is 196 g/mol. The van der Waals surface area contributed by atoms with Gasteiger partial charge in [0.25, 0.3) is 0 Å². The zero-order valence-corrected chi connectivity index (χ0v) is 8.98. The number of ether oxygens (including phenoxy) is 1. The molecule has 0 rings (SSSR count). The molecule has 0 N–H and O–H groups in total. The first-order valence-electron chi connectivity index (χ1n) is 3.44. The molecule has 4 heteroatoms. The van der Waals surface area contributed by atoms with Gasteiger partial charge in [0.15, 0.2) is 0 Å². The van der Waals surface area contributed by atoms with E-state index in [0.717, 1.165) is 6.08 Å². The Morgan fingerprint density at radius 2 is 1.83 bits per heavy atom. The first-order chi connectivity index (χ1) is 5.04. The minimum absolute atomic E-state index is 0. The summed E-state index contributed by atoms with van der Waals surface area (Å²) in [7, 11) is 6.00. The Balaban J connectivity index is -0.000000142. The molecule has 0 spiro atoms. The third kappa shape index (κ3) is 34.0. The van der Waals surface area contributed by atoms with E-state index in [2.05, 4.69) is 11.3 Å². The van der Waals surface area contributed by atoms with Crippen molar-refractivity contribution in [2.75, 3.05) is 27.7 Å². The zero-order chi connectivity index (χ0) is 9.28. The first-order valence-corrected chi connectivity index (χ1v) is 3.44. The van der Waals surface area contributed by atoms with Crippen LogP contribution in [-0.2, 0) is 9.53 Å². The number of halogens is 1. The number of esters is 1. The largest absolute Gasteiger partial charge is 0.463 e. The maximum absolute atomic E-state index is 10.1. The van der Waals surface area contributed by atoms with Crippen LogP contribution in [0.25, 0.3) is 0 Å². The fraction of sp³-hybridized carbons (Fsp3) is 0.625. The van der Waals surface area contributed by atoms with Gasteiger partial charge in [-0.05, 0) is 28.1 Å². The number of carbonyl (C=O) groups is 1. The van der Waals surface area contributed by atoms with Crippen LogP contribution in [0, 0.1) is 0 Å². The Morgan fingerprint density at radius 3 is 1.92 bits per heavy atom. The van der Waals surface area contributed by atoms with Crippen molar-refractivity contribution in [1.82, 2.24) is 4.90 Å². The Hall–Kier alpha value is -0.540. The lowest BCUT2D eigenvalue weighted by Crippen LogP contribution is -1.99. The van der Waals surface area contributed by atoms with E-state index in [0.29, 0.717) is 6.61 Å². The molecule has 12 heavy (non-hydrogen) atoms. The molecule has 0 amide bonds. The normalized spacial score (nSPS) is 7.42. The van der Waals surface area contributed by atoms with Gasteiger partial charge in [-0.3, -0.25) is 0 Å². The third-order valence-electron chi connectivity index (χ3n) is 0.453. The van der Waals surface area contributed by atoms with Crippen LogP contribution in [0.2, 0.25) is 0 Å². The summed E-state index contributed by atoms with van der Waals surface area (Å²) in [5.41, 5.74) is 0. The molecule has 0 aliphatic heterocycles. The van der Waals surface area contributed by atoms with Crippen molar-refractivity contribution in [2.24, 2.45) is 0 Å². The van der Waals surface area contributed by atoms with Crippen LogP contribution < -0.4 is 0 Å². The summed E-state index contributed by atoms with van der Waals surface area (Å²) in [4.78, 5) is 12.1. The number of carbonyl (C=O) groups excluding carboxylic acids is 1. The molecular weight excluding hydrogens is 178 g/mol. The van der Waals surface area contributed by atoms with E-state index in [4.69, 9.17) is 0 Å². The summed E-state index contributed by atoms with van der Waals surface area (Å²) in [5.74, 6) is -0.359. The van der Waals surface area contributed by atoms with E-state index >= 15 is 0 Å². The van der Waals surface area contributed by atoms with Gasteiger partial charge in [0.2, 0.25) is 0 Å². The lowest BCUT2D eigenvalue weighted by Gasteiger charge is -1.90. The van der Waals surface area contributed by atoms with E-state index in [1.54, 1.807) is 6.92 Å². The van der Waals surface area contributed by atoms with Crippen LogP contribution in [0.4, 0.5) is 0 Å². The second-order valence-electron chi connectivity index (χ2n) is 2.30. The Bertz CT molecular complexity index is 113. The molecule has 0 radical (unpaired) electrons. The van der Waals surface area contributed by atoms with Gasteiger partial charge in [-0.1, -0.05) is 6.58 Å². The molecule has 0 aliphatic carbocycles. The van der Waals surface area contributed by atoms with Crippen molar-refractivity contribution in [3.05, 3.63) is 12.7 Å². The number of hydrogen-bond acceptors (Lipinski definition) is 3. The second-order valence-corrected chi connectivity index (χ2v) is 2.30. The standard InChI is InChI=1S/C5H8O2.C3H9N.ClH/c1-3-5(6)7-4-2;1-4(2)3;/h3H,1,4H2,2H3;1-3H3;1H. The fourth-order valence-corrected chi connectivity index (χ4v) is 0.201. The summed E-state index contributed by atoms with van der Waals surface area (Å²) >= 11 is 0. The quantitative estimate of drug-likeness (QED) is 0.492. The van der Waals surface area contributed by atoms with Crippen LogP contribution in [-0.4, -0.2) is 38.6 Å². The maximum Gasteiger partial charge on any atom is 0.330 e. The van der Waals surface area contributed by atoms with Crippen molar-refractivity contribution in [2.45, 2.75) is 6.92 Å². The Kier molecular flexibility index (Phi) is 19.1. The van der Waals surface area contributed by atoms with E-state index < -0.39 is 0 Å². The molecule has 3 nitrogen and oxygen atoms in total. The van der Waals surface area contributed by atoms with Crippen LogP contribution in [0.1, 0.15) is 6.92 Å². The van der Waals surface area contributed by atoms with Crippen molar-refractivity contribution >= 4 is 18.4 Å². The highest BCUT2D eigenvalue weighted by atomic mass is 35.5. The lowest BCUT2D eigenvalue weighted by molar-refractivity contribution is -0.137. The van der Waals surface area contributed by atoms with Crippen molar-refractivity contribution < 1.29 is 9.53 Å². The molecular formula is C8H18ClNO2. The minimum atomic E-state index is -0.359. The van der Waals surface area contributed by atoms with Crippen molar-refractivity contribution in [3.63, 3.8) is 0 Å². The SMILES string of the molecule is C=CC(=O)OCC.CN(C)C.Cl. The lowest BCUT2D eigenvalue weighted by atomic mass is 10.6. The minimum Gasteiger partial charge on any atom is -0.463 e. The monoisotopic (exact) mass is 195 g/mol. The highest BCUT2D eigenvalue weighted by Gasteiger charge is 1.86. The molecule has 0 bridgehead atoms. The Labute approximate surface area is 80.8 Å². The van der Waals surface area contributed by atoms with E-state index in [1.165, 1.54) is 0 Å². The summed E-state index contributed by atoms with van der Waals surface area (Å²) in [5, 5.41) is 0. The van der Waals surface area contributed by atoms with Crippen LogP contribution in [0.3, 0.4) is 0 Å². The predicted octanol–water partition coefficient (Wildman–Crippen LogP) is 1.34. The van der Waals surface area contributed by atoms with Crippen LogP contribution in [0.15, 0.2) is 12.7 Å². The van der Waals surface area contributed by atoms with E-state index in [9.17, 15) is 4.79 Å². The average Bonchev–Trinajstić information content (AvgIpc) is 1.87. The van der Waals surface area contributed by atoms with Gasteiger partial charge >= 0.3 is 5.97 Å². The molecule has 0 aliphatic rings. The molecule has 0 atom stereocenters. The number of hydrogen-bond donors (Lipinski definition) is 0. The molecule has 0 saturated carbocycles. The highest BCUT2D eigenvalue weighted by Crippen LogP contribution is 1.74. The summed E-state index contributed by atoms with van der Waals surface area (Å²) in [6.07, 6.45) is 1.14. The molecule has 0 saturated heterocycles. The highest BCUT2D eigenvalue weighted by molar-refractivity contribution is 5.85. The zero-order valence-electron chi connectivity index (χ0n) is 8.16. The van der Waals surface area contributed by atoms with Crippen LogP contribution >= 0.6 is 12.4 Å². The van der Waals surface area contributed by atoms with E-state index in [1.807, 2.05) is 26.0 Å².